The maximum absolute atomic E-state index is 8.92. The van der Waals surface area contributed by atoms with Gasteiger partial charge in [-0.15, -0.1) is 0 Å². The van der Waals surface area contributed by atoms with Crippen molar-refractivity contribution in [2.45, 2.75) is 12.7 Å². The third kappa shape index (κ3) is 1.76. The van der Waals surface area contributed by atoms with Crippen LogP contribution in [0.25, 0.3) is 0 Å². The Labute approximate surface area is 82.9 Å². The molecule has 0 unspecified atom stereocenters. The van der Waals surface area contributed by atoms with E-state index in [9.17, 15) is 0 Å². The van der Waals surface area contributed by atoms with Gasteiger partial charge in [-0.05, 0) is 17.6 Å². The first-order valence-electron chi connectivity index (χ1n) is 4.59. The predicted molar refractivity (Wildman–Crippen MR) is 55.4 cm³/mol. The number of hydrogen-bond donors (Lipinski definition) is 2. The largest absolute Gasteiger partial charge is 0.364 e. The Bertz CT molecular complexity index is 365. The Morgan fingerprint density at radius 1 is 1.00 bits per heavy atom. The molecule has 14 heavy (non-hydrogen) atoms. The summed E-state index contributed by atoms with van der Waals surface area (Å²) in [7, 11) is 0. The number of aliphatic hydroxyl groups is 2. The Morgan fingerprint density at radius 3 is 2.21 bits per heavy atom. The molecule has 0 radical (unpaired) electrons. The molecule has 0 saturated carbocycles. The van der Waals surface area contributed by atoms with Crippen molar-refractivity contribution >= 4 is 0 Å². The Kier molecular flexibility index (Phi) is 2.48. The van der Waals surface area contributed by atoms with Crippen LogP contribution in [-0.2, 0) is 0 Å². The van der Waals surface area contributed by atoms with Crippen LogP contribution in [0.5, 0.6) is 0 Å². The zero-order chi connectivity index (χ0) is 9.97. The molecule has 2 nitrogen and oxygen atoms in total. The summed E-state index contributed by atoms with van der Waals surface area (Å²) >= 11 is 0. The molecular formula is C12H12O2. The van der Waals surface area contributed by atoms with E-state index in [1.165, 1.54) is 11.1 Å². The van der Waals surface area contributed by atoms with Crippen molar-refractivity contribution in [1.29, 1.82) is 0 Å². The van der Waals surface area contributed by atoms with E-state index in [2.05, 4.69) is 0 Å². The summed E-state index contributed by atoms with van der Waals surface area (Å²) < 4.78 is 0. The van der Waals surface area contributed by atoms with Gasteiger partial charge < -0.3 is 10.2 Å². The highest BCUT2D eigenvalue weighted by Crippen LogP contribution is 2.23. The van der Waals surface area contributed by atoms with Gasteiger partial charge in [-0.25, -0.2) is 0 Å². The fraction of sp³-hybridized carbons (Fsp3) is 0.167. The van der Waals surface area contributed by atoms with Crippen molar-refractivity contribution in [2.75, 3.05) is 0 Å². The molecule has 2 rings (SSSR count). The van der Waals surface area contributed by atoms with E-state index in [1.807, 2.05) is 36.5 Å². The first-order valence-corrected chi connectivity index (χ1v) is 4.59. The number of rotatable bonds is 1. The number of allylic oxidation sites excluding steroid dienone is 8. The minimum atomic E-state index is -1.35. The Balaban J connectivity index is 2.19. The van der Waals surface area contributed by atoms with Gasteiger partial charge in [0.2, 0.25) is 0 Å². The predicted octanol–water partition coefficient (Wildman–Crippen LogP) is 1.61. The molecule has 0 amide bonds. The van der Waals surface area contributed by atoms with Gasteiger partial charge in [0.05, 0.1) is 0 Å². The SMILES string of the molecule is OC(O)C1=CCC(=C2C=CC=C2)C=C1. The second kappa shape index (κ2) is 3.78. The second-order valence-corrected chi connectivity index (χ2v) is 3.31. The van der Waals surface area contributed by atoms with Crippen LogP contribution >= 0.6 is 0 Å². The van der Waals surface area contributed by atoms with Gasteiger partial charge in [-0.2, -0.15) is 0 Å². The van der Waals surface area contributed by atoms with Crippen molar-refractivity contribution in [3.63, 3.8) is 0 Å². The van der Waals surface area contributed by atoms with Crippen LogP contribution in [0, 0.1) is 0 Å². The van der Waals surface area contributed by atoms with E-state index in [4.69, 9.17) is 10.2 Å². The Morgan fingerprint density at radius 2 is 1.71 bits per heavy atom. The summed E-state index contributed by atoms with van der Waals surface area (Å²) in [5.74, 6) is 0. The second-order valence-electron chi connectivity index (χ2n) is 3.31. The normalized spacial score (nSPS) is 19.8. The summed E-state index contributed by atoms with van der Waals surface area (Å²) in [4.78, 5) is 0. The van der Waals surface area contributed by atoms with E-state index < -0.39 is 6.29 Å². The minimum absolute atomic E-state index is 0.570. The molecule has 2 aliphatic rings. The zero-order valence-electron chi connectivity index (χ0n) is 7.72. The fourth-order valence-corrected chi connectivity index (χ4v) is 1.55. The lowest BCUT2D eigenvalue weighted by molar-refractivity contribution is -0.00513. The van der Waals surface area contributed by atoms with Crippen molar-refractivity contribution in [1.82, 2.24) is 0 Å². The summed E-state index contributed by atoms with van der Waals surface area (Å²) in [5.41, 5.74) is 2.98. The first kappa shape index (κ1) is 9.19. The summed E-state index contributed by atoms with van der Waals surface area (Å²) in [6.07, 6.45) is 13.0. The summed E-state index contributed by atoms with van der Waals surface area (Å²) in [6, 6.07) is 0. The highest BCUT2D eigenvalue weighted by atomic mass is 16.5. The van der Waals surface area contributed by atoms with Gasteiger partial charge in [-0.1, -0.05) is 42.5 Å². The molecule has 0 heterocycles. The summed E-state index contributed by atoms with van der Waals surface area (Å²) in [6.45, 7) is 0. The van der Waals surface area contributed by atoms with Gasteiger partial charge in [0.1, 0.15) is 0 Å². The van der Waals surface area contributed by atoms with Gasteiger partial charge in [0, 0.05) is 5.57 Å². The van der Waals surface area contributed by atoms with Gasteiger partial charge in [-0.3, -0.25) is 0 Å². The molecule has 0 fully saturated rings. The van der Waals surface area contributed by atoms with Gasteiger partial charge >= 0.3 is 0 Å². The Hall–Kier alpha value is -1.38. The molecule has 0 bridgehead atoms. The molecule has 0 aromatic carbocycles. The molecular weight excluding hydrogens is 176 g/mol. The van der Waals surface area contributed by atoms with E-state index in [0.717, 1.165) is 6.42 Å². The highest BCUT2D eigenvalue weighted by Gasteiger charge is 2.09. The molecule has 0 aromatic rings. The molecule has 2 heteroatoms. The maximum Gasteiger partial charge on any atom is 0.178 e. The lowest BCUT2D eigenvalue weighted by Crippen LogP contribution is -2.08. The van der Waals surface area contributed by atoms with Gasteiger partial charge in [0.15, 0.2) is 6.29 Å². The van der Waals surface area contributed by atoms with Crippen molar-refractivity contribution in [3.05, 3.63) is 59.3 Å². The van der Waals surface area contributed by atoms with Crippen LogP contribution in [0.1, 0.15) is 6.42 Å². The quantitative estimate of drug-likeness (QED) is 0.614. The average molecular weight is 188 g/mol. The third-order valence-corrected chi connectivity index (χ3v) is 2.37. The molecule has 0 atom stereocenters. The maximum atomic E-state index is 8.92. The van der Waals surface area contributed by atoms with Crippen molar-refractivity contribution < 1.29 is 10.2 Å². The molecule has 2 aliphatic carbocycles. The first-order chi connectivity index (χ1) is 6.77. The van der Waals surface area contributed by atoms with E-state index in [1.54, 1.807) is 6.08 Å². The van der Waals surface area contributed by atoms with Crippen LogP contribution in [0.15, 0.2) is 59.3 Å². The van der Waals surface area contributed by atoms with Crippen LogP contribution in [0.2, 0.25) is 0 Å². The topological polar surface area (TPSA) is 40.5 Å². The lowest BCUT2D eigenvalue weighted by atomic mass is 9.98. The van der Waals surface area contributed by atoms with Gasteiger partial charge in [0.25, 0.3) is 0 Å². The monoisotopic (exact) mass is 188 g/mol. The highest BCUT2D eigenvalue weighted by molar-refractivity contribution is 5.50. The van der Waals surface area contributed by atoms with Crippen LogP contribution in [-0.4, -0.2) is 16.5 Å². The molecule has 0 spiro atoms. The van der Waals surface area contributed by atoms with E-state index >= 15 is 0 Å². The van der Waals surface area contributed by atoms with Crippen molar-refractivity contribution in [2.24, 2.45) is 0 Å². The van der Waals surface area contributed by atoms with Crippen LogP contribution in [0.4, 0.5) is 0 Å². The van der Waals surface area contributed by atoms with Crippen LogP contribution in [0.3, 0.4) is 0 Å². The smallest absolute Gasteiger partial charge is 0.178 e. The molecule has 72 valence electrons. The van der Waals surface area contributed by atoms with Crippen LogP contribution < -0.4 is 0 Å². The number of aliphatic hydroxyl groups excluding tert-OH is 1. The molecule has 0 aromatic heterocycles. The lowest BCUT2D eigenvalue weighted by Gasteiger charge is -2.11. The van der Waals surface area contributed by atoms with E-state index in [0.29, 0.717) is 5.57 Å². The molecule has 0 aliphatic heterocycles. The third-order valence-electron chi connectivity index (χ3n) is 2.37. The molecule has 0 saturated heterocycles. The average Bonchev–Trinajstić information content (AvgIpc) is 2.71. The zero-order valence-corrected chi connectivity index (χ0v) is 7.72. The standard InChI is InChI=1S/C12H12O2/c13-12(14)11-7-5-10(6-8-11)9-3-1-2-4-9/h1-5,7-8,12-14H,6H2. The van der Waals surface area contributed by atoms with E-state index in [-0.39, 0.29) is 0 Å². The molecule has 2 N–H and O–H groups in total. The van der Waals surface area contributed by atoms with Crippen molar-refractivity contribution in [3.8, 4) is 0 Å². The number of hydrogen-bond acceptors (Lipinski definition) is 2. The summed E-state index contributed by atoms with van der Waals surface area (Å²) in [5, 5.41) is 17.8. The minimum Gasteiger partial charge on any atom is -0.364 e. The fourth-order valence-electron chi connectivity index (χ4n) is 1.55.